The molecule has 6 heteroatoms. The van der Waals surface area contributed by atoms with Crippen molar-refractivity contribution in [2.75, 3.05) is 33.5 Å². The molecule has 2 amide bonds. The molecule has 116 valence electrons. The number of nitrogens with zero attached hydrogens (tertiary/aromatic N) is 1. The average Bonchev–Trinajstić information content (AvgIpc) is 2.40. The molecule has 0 aromatic carbocycles. The number of methoxy groups -OCH3 is 1. The molecule has 1 heterocycles. The highest BCUT2D eigenvalue weighted by atomic mass is 16.5. The highest BCUT2D eigenvalue weighted by molar-refractivity contribution is 5.96. The first kappa shape index (κ1) is 16.9. The van der Waals surface area contributed by atoms with Gasteiger partial charge in [-0.25, -0.2) is 0 Å². The number of carbonyl (C=O) groups excluding carboxylic acids is 2. The maximum Gasteiger partial charge on any atom is 0.246 e. The summed E-state index contributed by atoms with van der Waals surface area (Å²) in [6.45, 7) is 7.86. The zero-order chi connectivity index (χ0) is 15.1. The Morgan fingerprint density at radius 2 is 1.95 bits per heavy atom. The van der Waals surface area contributed by atoms with E-state index in [4.69, 9.17) is 9.47 Å². The number of ether oxygens (including phenoxy) is 2. The lowest BCUT2D eigenvalue weighted by atomic mass is 9.98. The van der Waals surface area contributed by atoms with E-state index in [9.17, 15) is 9.59 Å². The Balaban J connectivity index is 2.44. The molecule has 0 aliphatic carbocycles. The van der Waals surface area contributed by atoms with Crippen LogP contribution in [0.4, 0.5) is 0 Å². The minimum absolute atomic E-state index is 0.00370. The zero-order valence-electron chi connectivity index (χ0n) is 12.8. The van der Waals surface area contributed by atoms with E-state index in [0.29, 0.717) is 26.4 Å². The van der Waals surface area contributed by atoms with Gasteiger partial charge in [0.1, 0.15) is 12.1 Å². The van der Waals surface area contributed by atoms with Crippen LogP contribution in [0.1, 0.15) is 27.2 Å². The number of hydrogen-bond donors (Lipinski definition) is 1. The standard InChI is InChI=1S/C14H26N2O4/c1-10(2)12-14(18)16(11(3)13(17)15-12)6-5-7-20-9-8-19-4/h10-12H,5-9H2,1-4H3,(H,15,17). The third-order valence-electron chi connectivity index (χ3n) is 3.48. The molecule has 1 N–H and O–H groups in total. The summed E-state index contributed by atoms with van der Waals surface area (Å²) >= 11 is 0. The van der Waals surface area contributed by atoms with Gasteiger partial charge in [0.25, 0.3) is 0 Å². The number of amides is 2. The van der Waals surface area contributed by atoms with Gasteiger partial charge < -0.3 is 19.7 Å². The van der Waals surface area contributed by atoms with Gasteiger partial charge in [0.15, 0.2) is 0 Å². The van der Waals surface area contributed by atoms with Crippen LogP contribution in [0, 0.1) is 5.92 Å². The van der Waals surface area contributed by atoms with Gasteiger partial charge in [0.05, 0.1) is 13.2 Å². The Morgan fingerprint density at radius 1 is 1.25 bits per heavy atom. The quantitative estimate of drug-likeness (QED) is 0.656. The number of carbonyl (C=O) groups is 2. The fourth-order valence-corrected chi connectivity index (χ4v) is 2.18. The second-order valence-corrected chi connectivity index (χ2v) is 5.40. The topological polar surface area (TPSA) is 67.9 Å². The van der Waals surface area contributed by atoms with E-state index < -0.39 is 12.1 Å². The molecule has 20 heavy (non-hydrogen) atoms. The second-order valence-electron chi connectivity index (χ2n) is 5.40. The first-order chi connectivity index (χ1) is 9.49. The Bertz CT molecular complexity index is 333. The number of hydrogen-bond acceptors (Lipinski definition) is 4. The SMILES string of the molecule is COCCOCCCN1C(=O)C(C(C)C)NC(=O)C1C. The van der Waals surface area contributed by atoms with Crippen LogP contribution >= 0.6 is 0 Å². The molecule has 1 saturated heterocycles. The highest BCUT2D eigenvalue weighted by Gasteiger charge is 2.38. The summed E-state index contributed by atoms with van der Waals surface area (Å²) in [7, 11) is 1.63. The largest absolute Gasteiger partial charge is 0.382 e. The maximum atomic E-state index is 12.3. The molecule has 0 aromatic rings. The molecule has 0 spiro atoms. The van der Waals surface area contributed by atoms with E-state index >= 15 is 0 Å². The van der Waals surface area contributed by atoms with Gasteiger partial charge in [-0.1, -0.05) is 13.8 Å². The number of rotatable bonds is 8. The van der Waals surface area contributed by atoms with E-state index in [2.05, 4.69) is 5.32 Å². The maximum absolute atomic E-state index is 12.3. The molecule has 0 radical (unpaired) electrons. The highest BCUT2D eigenvalue weighted by Crippen LogP contribution is 2.15. The van der Waals surface area contributed by atoms with Crippen LogP contribution in [0.5, 0.6) is 0 Å². The fraction of sp³-hybridized carbons (Fsp3) is 0.857. The molecular formula is C14H26N2O4. The van der Waals surface area contributed by atoms with Crippen LogP contribution in [-0.2, 0) is 19.1 Å². The summed E-state index contributed by atoms with van der Waals surface area (Å²) in [6, 6.07) is -0.815. The Morgan fingerprint density at radius 3 is 2.55 bits per heavy atom. The molecule has 2 unspecified atom stereocenters. The summed E-state index contributed by atoms with van der Waals surface area (Å²) in [6.07, 6.45) is 0.720. The van der Waals surface area contributed by atoms with Gasteiger partial charge in [-0.3, -0.25) is 9.59 Å². The van der Waals surface area contributed by atoms with Crippen molar-refractivity contribution < 1.29 is 19.1 Å². The molecule has 1 rings (SSSR count). The van der Waals surface area contributed by atoms with Gasteiger partial charge >= 0.3 is 0 Å². The van der Waals surface area contributed by atoms with E-state index in [1.54, 1.807) is 18.9 Å². The molecule has 1 fully saturated rings. The molecule has 6 nitrogen and oxygen atoms in total. The van der Waals surface area contributed by atoms with Crippen molar-refractivity contribution in [1.82, 2.24) is 10.2 Å². The van der Waals surface area contributed by atoms with E-state index in [0.717, 1.165) is 6.42 Å². The van der Waals surface area contributed by atoms with Crippen LogP contribution in [0.3, 0.4) is 0 Å². The molecule has 0 saturated carbocycles. The van der Waals surface area contributed by atoms with Crippen molar-refractivity contribution in [3.8, 4) is 0 Å². The lowest BCUT2D eigenvalue weighted by Crippen LogP contribution is -2.64. The summed E-state index contributed by atoms with van der Waals surface area (Å²) in [5.74, 6) is 0.0204. The summed E-state index contributed by atoms with van der Waals surface area (Å²) in [5, 5.41) is 2.79. The molecule has 0 aromatic heterocycles. The van der Waals surface area contributed by atoms with Crippen molar-refractivity contribution in [3.05, 3.63) is 0 Å². The van der Waals surface area contributed by atoms with Crippen LogP contribution < -0.4 is 5.32 Å². The average molecular weight is 286 g/mol. The summed E-state index contributed by atoms with van der Waals surface area (Å²) in [5.41, 5.74) is 0. The zero-order valence-corrected chi connectivity index (χ0v) is 12.8. The monoisotopic (exact) mass is 286 g/mol. The third kappa shape index (κ3) is 4.45. The molecule has 0 bridgehead atoms. The van der Waals surface area contributed by atoms with Gasteiger partial charge in [-0.15, -0.1) is 0 Å². The summed E-state index contributed by atoms with van der Waals surface area (Å²) in [4.78, 5) is 25.9. The number of piperazine rings is 1. The number of nitrogens with one attached hydrogen (secondary N) is 1. The van der Waals surface area contributed by atoms with Crippen LogP contribution in [0.25, 0.3) is 0 Å². The van der Waals surface area contributed by atoms with Gasteiger partial charge in [0.2, 0.25) is 11.8 Å². The molecular weight excluding hydrogens is 260 g/mol. The first-order valence-corrected chi connectivity index (χ1v) is 7.16. The minimum Gasteiger partial charge on any atom is -0.382 e. The smallest absolute Gasteiger partial charge is 0.246 e. The molecule has 2 atom stereocenters. The van der Waals surface area contributed by atoms with Crippen molar-refractivity contribution in [2.24, 2.45) is 5.92 Å². The van der Waals surface area contributed by atoms with Crippen LogP contribution in [0.2, 0.25) is 0 Å². The Labute approximate surface area is 120 Å². The lowest BCUT2D eigenvalue weighted by molar-refractivity contribution is -0.150. The van der Waals surface area contributed by atoms with E-state index in [-0.39, 0.29) is 17.7 Å². The summed E-state index contributed by atoms with van der Waals surface area (Å²) < 4.78 is 10.3. The minimum atomic E-state index is -0.409. The Hall–Kier alpha value is -1.14. The van der Waals surface area contributed by atoms with Crippen LogP contribution in [0.15, 0.2) is 0 Å². The van der Waals surface area contributed by atoms with E-state index in [1.807, 2.05) is 13.8 Å². The molecule has 1 aliphatic heterocycles. The van der Waals surface area contributed by atoms with Crippen molar-refractivity contribution in [1.29, 1.82) is 0 Å². The van der Waals surface area contributed by atoms with Crippen LogP contribution in [-0.4, -0.2) is 62.3 Å². The fourth-order valence-electron chi connectivity index (χ4n) is 2.18. The lowest BCUT2D eigenvalue weighted by Gasteiger charge is -2.38. The molecule has 1 aliphatic rings. The van der Waals surface area contributed by atoms with Crippen molar-refractivity contribution in [2.45, 2.75) is 39.3 Å². The van der Waals surface area contributed by atoms with Crippen molar-refractivity contribution >= 4 is 11.8 Å². The predicted octanol–water partition coefficient (Wildman–Crippen LogP) is 0.411. The predicted molar refractivity (Wildman–Crippen MR) is 75.3 cm³/mol. The first-order valence-electron chi connectivity index (χ1n) is 7.16. The van der Waals surface area contributed by atoms with Gasteiger partial charge in [-0.05, 0) is 19.3 Å². The van der Waals surface area contributed by atoms with Gasteiger partial charge in [-0.2, -0.15) is 0 Å². The normalized spacial score (nSPS) is 23.4. The van der Waals surface area contributed by atoms with E-state index in [1.165, 1.54) is 0 Å². The van der Waals surface area contributed by atoms with Crippen molar-refractivity contribution in [3.63, 3.8) is 0 Å². The Kier molecular flexibility index (Phi) is 6.95. The second kappa shape index (κ2) is 8.21. The van der Waals surface area contributed by atoms with Gasteiger partial charge in [0, 0.05) is 20.3 Å². The third-order valence-corrected chi connectivity index (χ3v) is 3.48.